The van der Waals surface area contributed by atoms with Gasteiger partial charge in [-0.25, -0.2) is 4.79 Å². The van der Waals surface area contributed by atoms with Gasteiger partial charge in [-0.05, 0) is 0 Å². The molecule has 1 unspecified atom stereocenters. The SMILES string of the molecule is Nc1nnc(SCC(=O)OC2CCOC2=O)s1. The van der Waals surface area contributed by atoms with Gasteiger partial charge in [0.2, 0.25) is 11.2 Å². The quantitative estimate of drug-likeness (QED) is 0.608. The van der Waals surface area contributed by atoms with Gasteiger partial charge in [-0.15, -0.1) is 10.2 Å². The molecule has 1 aromatic rings. The number of thioether (sulfide) groups is 1. The highest BCUT2D eigenvalue weighted by atomic mass is 32.2. The first-order chi connectivity index (χ1) is 8.15. The molecule has 0 aromatic carbocycles. The van der Waals surface area contributed by atoms with Crippen LogP contribution in [0, 0.1) is 0 Å². The summed E-state index contributed by atoms with van der Waals surface area (Å²) in [5.41, 5.74) is 5.39. The van der Waals surface area contributed by atoms with E-state index < -0.39 is 18.0 Å². The van der Waals surface area contributed by atoms with Crippen molar-refractivity contribution >= 4 is 40.2 Å². The lowest BCUT2D eigenvalue weighted by Gasteiger charge is -2.06. The molecule has 2 N–H and O–H groups in total. The van der Waals surface area contributed by atoms with Gasteiger partial charge in [0.05, 0.1) is 12.4 Å². The van der Waals surface area contributed by atoms with Gasteiger partial charge in [-0.1, -0.05) is 23.1 Å². The Morgan fingerprint density at radius 1 is 1.65 bits per heavy atom. The third kappa shape index (κ3) is 3.30. The monoisotopic (exact) mass is 275 g/mol. The molecule has 2 rings (SSSR count). The molecule has 0 spiro atoms. The zero-order valence-corrected chi connectivity index (χ0v) is 10.3. The van der Waals surface area contributed by atoms with E-state index >= 15 is 0 Å². The van der Waals surface area contributed by atoms with Gasteiger partial charge < -0.3 is 15.2 Å². The van der Waals surface area contributed by atoms with Crippen LogP contribution in [0.15, 0.2) is 4.34 Å². The van der Waals surface area contributed by atoms with Gasteiger partial charge in [0.25, 0.3) is 0 Å². The number of rotatable bonds is 4. The molecule has 0 bridgehead atoms. The largest absolute Gasteiger partial charge is 0.463 e. The number of hydrogen-bond acceptors (Lipinski definition) is 9. The lowest BCUT2D eigenvalue weighted by Crippen LogP contribution is -2.23. The number of nitrogens with zero attached hydrogens (tertiary/aromatic N) is 2. The van der Waals surface area contributed by atoms with Crippen LogP contribution in [0.5, 0.6) is 0 Å². The van der Waals surface area contributed by atoms with Crippen molar-refractivity contribution in [2.75, 3.05) is 18.1 Å². The minimum absolute atomic E-state index is 0.0679. The van der Waals surface area contributed by atoms with E-state index in [1.807, 2.05) is 0 Å². The highest BCUT2D eigenvalue weighted by molar-refractivity contribution is 8.01. The van der Waals surface area contributed by atoms with Crippen LogP contribution in [0.2, 0.25) is 0 Å². The number of anilines is 1. The Labute approximate surface area is 105 Å². The van der Waals surface area contributed by atoms with Crippen molar-refractivity contribution in [3.8, 4) is 0 Å². The van der Waals surface area contributed by atoms with Crippen LogP contribution in [0.4, 0.5) is 5.13 Å². The molecule has 0 saturated carbocycles. The van der Waals surface area contributed by atoms with Crippen LogP contribution in [-0.2, 0) is 19.1 Å². The van der Waals surface area contributed by atoms with Crippen LogP contribution in [0.3, 0.4) is 0 Å². The Balaban J connectivity index is 1.76. The molecule has 1 atom stereocenters. The van der Waals surface area contributed by atoms with E-state index in [9.17, 15) is 9.59 Å². The molecular weight excluding hydrogens is 266 g/mol. The van der Waals surface area contributed by atoms with Gasteiger partial charge in [-0.3, -0.25) is 4.79 Å². The fraction of sp³-hybridized carbons (Fsp3) is 0.500. The highest BCUT2D eigenvalue weighted by Crippen LogP contribution is 2.23. The second-order valence-electron chi connectivity index (χ2n) is 3.13. The first-order valence-corrected chi connectivity index (χ1v) is 6.53. The molecule has 17 heavy (non-hydrogen) atoms. The number of nitrogen functional groups attached to an aromatic ring is 1. The molecular formula is C8H9N3O4S2. The van der Waals surface area contributed by atoms with Crippen molar-refractivity contribution in [1.29, 1.82) is 0 Å². The number of nitrogens with two attached hydrogens (primary N) is 1. The van der Waals surface area contributed by atoms with E-state index in [2.05, 4.69) is 14.9 Å². The normalized spacial score (nSPS) is 19.1. The summed E-state index contributed by atoms with van der Waals surface area (Å²) in [6.07, 6.45) is -0.344. The lowest BCUT2D eigenvalue weighted by molar-refractivity contribution is -0.158. The van der Waals surface area contributed by atoms with Crippen molar-refractivity contribution in [2.24, 2.45) is 0 Å². The number of carbonyl (C=O) groups excluding carboxylic acids is 2. The Hall–Kier alpha value is -1.35. The molecule has 1 aliphatic heterocycles. The Bertz CT molecular complexity index is 436. The standard InChI is InChI=1S/C8H9N3O4S2/c9-7-10-11-8(17-7)16-3-5(12)15-4-1-2-14-6(4)13/h4H,1-3H2,(H2,9,10). The van der Waals surface area contributed by atoms with E-state index in [0.29, 0.717) is 22.5 Å². The summed E-state index contributed by atoms with van der Waals surface area (Å²) < 4.78 is 10.2. The fourth-order valence-electron chi connectivity index (χ4n) is 1.18. The zero-order chi connectivity index (χ0) is 12.3. The predicted molar refractivity (Wildman–Crippen MR) is 60.5 cm³/mol. The van der Waals surface area contributed by atoms with E-state index in [4.69, 9.17) is 10.5 Å². The number of hydrogen-bond donors (Lipinski definition) is 1. The third-order valence-corrected chi connectivity index (χ3v) is 3.76. The summed E-state index contributed by atoms with van der Waals surface area (Å²) in [5.74, 6) is -0.894. The summed E-state index contributed by atoms with van der Waals surface area (Å²) in [7, 11) is 0. The topological polar surface area (TPSA) is 104 Å². The molecule has 1 aromatic heterocycles. The van der Waals surface area contributed by atoms with Gasteiger partial charge in [0.15, 0.2) is 4.34 Å². The number of cyclic esters (lactones) is 1. The zero-order valence-electron chi connectivity index (χ0n) is 8.62. The average Bonchev–Trinajstić information content (AvgIpc) is 2.86. The van der Waals surface area contributed by atoms with Crippen molar-refractivity contribution in [1.82, 2.24) is 10.2 Å². The molecule has 1 saturated heterocycles. The Kier molecular flexibility index (Phi) is 3.79. The van der Waals surface area contributed by atoms with Crippen molar-refractivity contribution in [3.05, 3.63) is 0 Å². The van der Waals surface area contributed by atoms with Crippen LogP contribution < -0.4 is 5.73 Å². The van der Waals surface area contributed by atoms with Crippen LogP contribution in [0.1, 0.15) is 6.42 Å². The molecule has 0 amide bonds. The van der Waals surface area contributed by atoms with E-state index in [1.165, 1.54) is 23.1 Å². The molecule has 92 valence electrons. The second kappa shape index (κ2) is 5.32. The smallest absolute Gasteiger partial charge is 0.347 e. The minimum Gasteiger partial charge on any atom is -0.463 e. The third-order valence-electron chi connectivity index (χ3n) is 1.90. The number of carbonyl (C=O) groups is 2. The highest BCUT2D eigenvalue weighted by Gasteiger charge is 2.30. The molecule has 7 nitrogen and oxygen atoms in total. The minimum atomic E-state index is -0.761. The van der Waals surface area contributed by atoms with Crippen molar-refractivity contribution < 1.29 is 19.1 Å². The van der Waals surface area contributed by atoms with Crippen LogP contribution in [-0.4, -0.2) is 40.6 Å². The van der Waals surface area contributed by atoms with Crippen molar-refractivity contribution in [3.63, 3.8) is 0 Å². The van der Waals surface area contributed by atoms with Gasteiger partial charge in [-0.2, -0.15) is 0 Å². The molecule has 9 heteroatoms. The maximum atomic E-state index is 11.4. The maximum Gasteiger partial charge on any atom is 0.347 e. The molecule has 0 radical (unpaired) electrons. The summed E-state index contributed by atoms with van der Waals surface area (Å²) in [4.78, 5) is 22.4. The van der Waals surface area contributed by atoms with Gasteiger partial charge in [0, 0.05) is 6.42 Å². The Morgan fingerprint density at radius 2 is 2.47 bits per heavy atom. The molecule has 1 aliphatic rings. The Morgan fingerprint density at radius 3 is 3.06 bits per heavy atom. The maximum absolute atomic E-state index is 11.4. The average molecular weight is 275 g/mol. The first-order valence-electron chi connectivity index (χ1n) is 4.73. The van der Waals surface area contributed by atoms with Gasteiger partial charge in [0.1, 0.15) is 0 Å². The first kappa shape index (κ1) is 12.1. The summed E-state index contributed by atoms with van der Waals surface area (Å²) >= 11 is 2.36. The molecule has 0 aliphatic carbocycles. The lowest BCUT2D eigenvalue weighted by atomic mass is 10.3. The van der Waals surface area contributed by atoms with E-state index in [-0.39, 0.29) is 5.75 Å². The number of esters is 2. The molecule has 2 heterocycles. The molecule has 1 fully saturated rings. The second-order valence-corrected chi connectivity index (χ2v) is 5.36. The van der Waals surface area contributed by atoms with Crippen LogP contribution in [0.25, 0.3) is 0 Å². The summed E-state index contributed by atoms with van der Waals surface area (Å²) in [6.45, 7) is 0.302. The van der Waals surface area contributed by atoms with Gasteiger partial charge >= 0.3 is 11.9 Å². The van der Waals surface area contributed by atoms with E-state index in [0.717, 1.165) is 0 Å². The van der Waals surface area contributed by atoms with Crippen molar-refractivity contribution in [2.45, 2.75) is 16.9 Å². The van der Waals surface area contributed by atoms with E-state index in [1.54, 1.807) is 0 Å². The number of ether oxygens (including phenoxy) is 2. The summed E-state index contributed by atoms with van der Waals surface area (Å²) in [5, 5.41) is 7.70. The fourth-order valence-corrected chi connectivity index (χ4v) is 2.60. The van der Waals surface area contributed by atoms with Crippen LogP contribution >= 0.6 is 23.1 Å². The number of aromatic nitrogens is 2. The predicted octanol–water partition coefficient (Wildman–Crippen LogP) is 0.0711. The summed E-state index contributed by atoms with van der Waals surface area (Å²) in [6, 6.07) is 0.